The fourth-order valence-corrected chi connectivity index (χ4v) is 3.93. The molecular formula is C23H17N3O2S. The van der Waals surface area contributed by atoms with Crippen molar-refractivity contribution >= 4 is 38.7 Å². The number of thiazole rings is 1. The molecule has 29 heavy (non-hydrogen) atoms. The maximum atomic E-state index is 12.3. The molecule has 0 atom stereocenters. The number of fused-ring (bicyclic) bond motifs is 2. The first kappa shape index (κ1) is 17.5. The molecule has 6 heteroatoms. The Hall–Kier alpha value is -3.64. The second-order valence-electron chi connectivity index (χ2n) is 6.65. The minimum atomic E-state index is -0.207. The molecule has 1 N–H and O–H groups in total. The van der Waals surface area contributed by atoms with Gasteiger partial charge in [0, 0.05) is 29.0 Å². The molecule has 0 aliphatic rings. The van der Waals surface area contributed by atoms with Crippen molar-refractivity contribution in [2.75, 3.05) is 11.9 Å². The molecule has 0 radical (unpaired) electrons. The summed E-state index contributed by atoms with van der Waals surface area (Å²) in [4.78, 5) is 17.9. The van der Waals surface area contributed by atoms with Crippen LogP contribution in [0.4, 0.5) is 5.69 Å². The molecule has 5 rings (SSSR count). The fraction of sp³-hybridized carbons (Fsp3) is 0.0435. The second-order valence-corrected chi connectivity index (χ2v) is 7.52. The van der Waals surface area contributed by atoms with Gasteiger partial charge in [-0.25, -0.2) is 4.98 Å². The highest BCUT2D eigenvalue weighted by molar-refractivity contribution is 7.15. The first-order chi connectivity index (χ1) is 14.2. The predicted octanol–water partition coefficient (Wildman–Crippen LogP) is 5.23. The monoisotopic (exact) mass is 399 g/mol. The van der Waals surface area contributed by atoms with Crippen molar-refractivity contribution in [2.24, 2.45) is 0 Å². The van der Waals surface area contributed by atoms with E-state index in [1.165, 1.54) is 0 Å². The number of ether oxygens (including phenoxy) is 1. The molecule has 0 aliphatic heterocycles. The maximum absolute atomic E-state index is 12.3. The van der Waals surface area contributed by atoms with Crippen LogP contribution in [0.15, 0.2) is 84.5 Å². The van der Waals surface area contributed by atoms with Crippen LogP contribution in [0, 0.1) is 0 Å². The summed E-state index contributed by atoms with van der Waals surface area (Å²) in [6.45, 7) is -0.0528. The fourth-order valence-electron chi connectivity index (χ4n) is 3.23. The summed E-state index contributed by atoms with van der Waals surface area (Å²) >= 11 is 1.59. The minimum absolute atomic E-state index is 0.0528. The van der Waals surface area contributed by atoms with Crippen molar-refractivity contribution in [3.63, 3.8) is 0 Å². The number of benzene rings is 3. The third-order valence-corrected chi connectivity index (χ3v) is 5.40. The molecule has 2 heterocycles. The normalized spacial score (nSPS) is 11.0. The van der Waals surface area contributed by atoms with E-state index >= 15 is 0 Å². The van der Waals surface area contributed by atoms with Gasteiger partial charge in [0.15, 0.2) is 11.6 Å². The SMILES string of the molecule is O=C(COc1ccc2ccccc2c1)Nc1cccc(-c2cn3ccsc3n2)c1. The number of hydrogen-bond donors (Lipinski definition) is 1. The number of anilines is 1. The van der Waals surface area contributed by atoms with Gasteiger partial charge in [-0.05, 0) is 35.0 Å². The summed E-state index contributed by atoms with van der Waals surface area (Å²) in [5.74, 6) is 0.465. The lowest BCUT2D eigenvalue weighted by Crippen LogP contribution is -2.20. The Morgan fingerprint density at radius 2 is 1.93 bits per heavy atom. The molecule has 0 saturated carbocycles. The van der Waals surface area contributed by atoms with E-state index < -0.39 is 0 Å². The predicted molar refractivity (Wildman–Crippen MR) is 117 cm³/mol. The van der Waals surface area contributed by atoms with Crippen molar-refractivity contribution in [1.82, 2.24) is 9.38 Å². The summed E-state index contributed by atoms with van der Waals surface area (Å²) in [7, 11) is 0. The number of carbonyl (C=O) groups is 1. The largest absolute Gasteiger partial charge is 0.484 e. The van der Waals surface area contributed by atoms with Gasteiger partial charge in [-0.3, -0.25) is 9.20 Å². The van der Waals surface area contributed by atoms with E-state index in [9.17, 15) is 4.79 Å². The Kier molecular flexibility index (Phi) is 4.46. The average Bonchev–Trinajstić information content (AvgIpc) is 3.35. The van der Waals surface area contributed by atoms with Crippen LogP contribution in [-0.2, 0) is 4.79 Å². The van der Waals surface area contributed by atoms with Crippen molar-refractivity contribution < 1.29 is 9.53 Å². The molecule has 0 spiro atoms. The van der Waals surface area contributed by atoms with Gasteiger partial charge in [0.2, 0.25) is 0 Å². The Bertz CT molecular complexity index is 1290. The molecule has 142 valence electrons. The van der Waals surface area contributed by atoms with Gasteiger partial charge in [0.05, 0.1) is 5.69 Å². The van der Waals surface area contributed by atoms with E-state index in [0.29, 0.717) is 11.4 Å². The third kappa shape index (κ3) is 3.70. The molecule has 3 aromatic carbocycles. The summed E-state index contributed by atoms with van der Waals surface area (Å²) in [6.07, 6.45) is 3.96. The van der Waals surface area contributed by atoms with Crippen molar-refractivity contribution in [3.8, 4) is 17.0 Å². The Morgan fingerprint density at radius 3 is 2.83 bits per heavy atom. The number of nitrogens with one attached hydrogen (secondary N) is 1. The zero-order valence-electron chi connectivity index (χ0n) is 15.4. The zero-order valence-corrected chi connectivity index (χ0v) is 16.2. The van der Waals surface area contributed by atoms with Crippen LogP contribution in [0.25, 0.3) is 27.0 Å². The zero-order chi connectivity index (χ0) is 19.6. The number of hydrogen-bond acceptors (Lipinski definition) is 4. The molecule has 5 nitrogen and oxygen atoms in total. The van der Waals surface area contributed by atoms with E-state index in [1.807, 2.05) is 88.9 Å². The van der Waals surface area contributed by atoms with E-state index in [2.05, 4.69) is 10.3 Å². The molecule has 2 aromatic heterocycles. The first-order valence-electron chi connectivity index (χ1n) is 9.19. The van der Waals surface area contributed by atoms with E-state index in [0.717, 1.165) is 27.0 Å². The van der Waals surface area contributed by atoms with Crippen LogP contribution in [0.5, 0.6) is 5.75 Å². The summed E-state index contributed by atoms with van der Waals surface area (Å²) < 4.78 is 7.65. The quantitative estimate of drug-likeness (QED) is 0.440. The number of imidazole rings is 1. The average molecular weight is 399 g/mol. The summed E-state index contributed by atoms with van der Waals surface area (Å²) in [5.41, 5.74) is 2.54. The molecule has 0 bridgehead atoms. The summed E-state index contributed by atoms with van der Waals surface area (Å²) in [6, 6.07) is 21.5. The van der Waals surface area contributed by atoms with Crippen molar-refractivity contribution in [1.29, 1.82) is 0 Å². The smallest absolute Gasteiger partial charge is 0.262 e. The minimum Gasteiger partial charge on any atom is -0.484 e. The van der Waals surface area contributed by atoms with E-state index in [-0.39, 0.29) is 12.5 Å². The van der Waals surface area contributed by atoms with Gasteiger partial charge in [-0.2, -0.15) is 0 Å². The Labute approximate surface area is 171 Å². The standard InChI is InChI=1S/C23H17N3O2S/c27-22(15-28-20-9-8-16-4-1-2-5-17(16)13-20)24-19-7-3-6-18(12-19)21-14-26-10-11-29-23(26)25-21/h1-14H,15H2,(H,24,27). The summed E-state index contributed by atoms with van der Waals surface area (Å²) in [5, 5.41) is 7.11. The van der Waals surface area contributed by atoms with Gasteiger partial charge >= 0.3 is 0 Å². The number of amides is 1. The van der Waals surface area contributed by atoms with Crippen molar-refractivity contribution in [3.05, 3.63) is 84.5 Å². The molecule has 0 saturated heterocycles. The highest BCUT2D eigenvalue weighted by Crippen LogP contribution is 2.24. The van der Waals surface area contributed by atoms with E-state index in [1.54, 1.807) is 11.3 Å². The number of rotatable bonds is 5. The topological polar surface area (TPSA) is 55.6 Å². The van der Waals surface area contributed by atoms with Crippen LogP contribution < -0.4 is 10.1 Å². The molecule has 0 aliphatic carbocycles. The highest BCUT2D eigenvalue weighted by Gasteiger charge is 2.08. The van der Waals surface area contributed by atoms with Crippen molar-refractivity contribution in [2.45, 2.75) is 0 Å². The van der Waals surface area contributed by atoms with Crippen LogP contribution in [0.1, 0.15) is 0 Å². The van der Waals surface area contributed by atoms with Crippen LogP contribution >= 0.6 is 11.3 Å². The van der Waals surface area contributed by atoms with Gasteiger partial charge < -0.3 is 10.1 Å². The number of carbonyl (C=O) groups excluding carboxylic acids is 1. The van der Waals surface area contributed by atoms with Crippen LogP contribution in [0.3, 0.4) is 0 Å². The molecule has 0 fully saturated rings. The highest BCUT2D eigenvalue weighted by atomic mass is 32.1. The molecule has 0 unspecified atom stereocenters. The van der Waals surface area contributed by atoms with E-state index in [4.69, 9.17) is 4.74 Å². The lowest BCUT2D eigenvalue weighted by molar-refractivity contribution is -0.118. The lowest BCUT2D eigenvalue weighted by Gasteiger charge is -2.09. The lowest BCUT2D eigenvalue weighted by atomic mass is 10.1. The van der Waals surface area contributed by atoms with Gasteiger partial charge in [-0.15, -0.1) is 11.3 Å². The third-order valence-electron chi connectivity index (χ3n) is 4.63. The molecular weight excluding hydrogens is 382 g/mol. The number of aromatic nitrogens is 2. The van der Waals surface area contributed by atoms with Gasteiger partial charge in [-0.1, -0.05) is 42.5 Å². The number of nitrogens with zero attached hydrogens (tertiary/aromatic N) is 2. The van der Waals surface area contributed by atoms with Gasteiger partial charge in [0.25, 0.3) is 5.91 Å². The van der Waals surface area contributed by atoms with Gasteiger partial charge in [0.1, 0.15) is 5.75 Å². The van der Waals surface area contributed by atoms with Crippen LogP contribution in [0.2, 0.25) is 0 Å². The Balaban J connectivity index is 1.26. The molecule has 1 amide bonds. The second kappa shape index (κ2) is 7.41. The van der Waals surface area contributed by atoms with Crippen LogP contribution in [-0.4, -0.2) is 21.9 Å². The maximum Gasteiger partial charge on any atom is 0.262 e. The first-order valence-corrected chi connectivity index (χ1v) is 10.1. The Morgan fingerprint density at radius 1 is 1.03 bits per heavy atom. The molecule has 5 aromatic rings.